The summed E-state index contributed by atoms with van der Waals surface area (Å²) in [5, 5.41) is -0.00375. The number of fused-ring (bicyclic) bond motifs is 3. The largest absolute Gasteiger partial charge is 0.416 e. The Balaban J connectivity index is 0.00000221. The van der Waals surface area contributed by atoms with Crippen LogP contribution >= 0.6 is 0 Å². The molecule has 54 heavy (non-hydrogen) atoms. The van der Waals surface area contributed by atoms with E-state index in [-0.39, 0.29) is 27.6 Å². The van der Waals surface area contributed by atoms with Crippen molar-refractivity contribution in [2.24, 2.45) is 0 Å². The number of halogens is 7. The van der Waals surface area contributed by atoms with Gasteiger partial charge in [0.25, 0.3) is 0 Å². The van der Waals surface area contributed by atoms with Gasteiger partial charge >= 0.3 is 12.4 Å². The summed E-state index contributed by atoms with van der Waals surface area (Å²) in [4.78, 5) is 14.5. The fourth-order valence-electron chi connectivity index (χ4n) is 6.32. The van der Waals surface area contributed by atoms with Gasteiger partial charge in [-0.05, 0) is 71.8 Å². The van der Waals surface area contributed by atoms with E-state index in [1.165, 1.54) is 24.3 Å². The molecule has 0 fully saturated rings. The third-order valence-corrected chi connectivity index (χ3v) is 8.78. The lowest BCUT2D eigenvalue weighted by atomic mass is 9.98. The zero-order chi connectivity index (χ0) is 38.2. The van der Waals surface area contributed by atoms with Crippen LogP contribution < -0.4 is 0 Å². The van der Waals surface area contributed by atoms with Crippen molar-refractivity contribution in [1.82, 2.24) is 19.5 Å². The second kappa shape index (κ2) is 14.2. The van der Waals surface area contributed by atoms with Crippen molar-refractivity contribution in [2.75, 3.05) is 0 Å². The van der Waals surface area contributed by atoms with Crippen LogP contribution in [0.1, 0.15) is 25.0 Å². The van der Waals surface area contributed by atoms with Crippen LogP contribution in [0.4, 0.5) is 30.7 Å². The van der Waals surface area contributed by atoms with Gasteiger partial charge in [0.2, 0.25) is 0 Å². The summed E-state index contributed by atoms with van der Waals surface area (Å²) >= 11 is 0. The van der Waals surface area contributed by atoms with Crippen LogP contribution in [0.2, 0.25) is 0 Å². The molecule has 270 valence electrons. The van der Waals surface area contributed by atoms with Gasteiger partial charge in [0.05, 0.1) is 22.2 Å². The van der Waals surface area contributed by atoms with E-state index in [9.17, 15) is 30.7 Å². The van der Waals surface area contributed by atoms with Crippen molar-refractivity contribution in [2.45, 2.75) is 26.2 Å². The average molecular weight is 735 g/mol. The first-order valence-corrected chi connectivity index (χ1v) is 16.9. The van der Waals surface area contributed by atoms with Crippen LogP contribution in [0.15, 0.2) is 140 Å². The molecular formula is C43H29F7N4. The average Bonchev–Trinajstić information content (AvgIpc) is 3.52. The summed E-state index contributed by atoms with van der Waals surface area (Å²) in [6.07, 6.45) is -9.44. The Labute approximate surface area is 305 Å². The maximum Gasteiger partial charge on any atom is 0.416 e. The van der Waals surface area contributed by atoms with Crippen LogP contribution in [-0.2, 0) is 12.4 Å². The van der Waals surface area contributed by atoms with Gasteiger partial charge in [0.1, 0.15) is 5.82 Å². The second-order valence-electron chi connectivity index (χ2n) is 12.1. The SMILES string of the molecule is CC.Fc1ccc(-c2ccc(-n3c4ccc(C(F)(F)F)cc4c4cc(C(F)(F)F)ccc43)cc2-c2nc(-c3ccccc3)nc(-c3ccccc3)n2)cc1. The molecule has 8 rings (SSSR count). The zero-order valence-corrected chi connectivity index (χ0v) is 28.7. The molecule has 0 aliphatic heterocycles. The molecule has 8 aromatic rings. The molecule has 0 aliphatic rings. The summed E-state index contributed by atoms with van der Waals surface area (Å²) in [5.41, 5.74) is 2.08. The molecule has 0 atom stereocenters. The van der Waals surface area contributed by atoms with Gasteiger partial charge in [-0.3, -0.25) is 0 Å². The quantitative estimate of drug-likeness (QED) is 0.165. The predicted molar refractivity (Wildman–Crippen MR) is 197 cm³/mol. The van der Waals surface area contributed by atoms with E-state index in [0.717, 1.165) is 24.3 Å². The maximum absolute atomic E-state index is 14.1. The molecular weight excluding hydrogens is 705 g/mol. The fraction of sp³-hybridized carbons (Fsp3) is 0.0930. The highest BCUT2D eigenvalue weighted by molar-refractivity contribution is 6.10. The number of hydrogen-bond donors (Lipinski definition) is 0. The smallest absolute Gasteiger partial charge is 0.309 e. The molecule has 2 aromatic heterocycles. The van der Waals surface area contributed by atoms with Gasteiger partial charge in [-0.2, -0.15) is 26.3 Å². The van der Waals surface area contributed by atoms with Crippen molar-refractivity contribution in [3.8, 4) is 51.0 Å². The monoisotopic (exact) mass is 734 g/mol. The molecule has 0 saturated carbocycles. The van der Waals surface area contributed by atoms with E-state index in [1.54, 1.807) is 34.9 Å². The van der Waals surface area contributed by atoms with Crippen molar-refractivity contribution in [3.05, 3.63) is 156 Å². The summed E-state index contributed by atoms with van der Waals surface area (Å²) in [6.45, 7) is 4.00. The molecule has 0 radical (unpaired) electrons. The Bertz CT molecular complexity index is 2470. The van der Waals surface area contributed by atoms with Gasteiger partial charge in [0, 0.05) is 33.2 Å². The van der Waals surface area contributed by atoms with Crippen LogP contribution in [-0.4, -0.2) is 19.5 Å². The number of aromatic nitrogens is 4. The fourth-order valence-corrected chi connectivity index (χ4v) is 6.32. The summed E-state index contributed by atoms with van der Waals surface area (Å²) in [6, 6.07) is 35.6. The van der Waals surface area contributed by atoms with Gasteiger partial charge in [-0.15, -0.1) is 0 Å². The highest BCUT2D eigenvalue weighted by atomic mass is 19.4. The predicted octanol–water partition coefficient (Wildman–Crippen LogP) is 12.8. The van der Waals surface area contributed by atoms with Gasteiger partial charge in [-0.25, -0.2) is 19.3 Å². The van der Waals surface area contributed by atoms with Crippen molar-refractivity contribution >= 4 is 21.8 Å². The topological polar surface area (TPSA) is 43.6 Å². The Morgan fingerprint density at radius 2 is 0.907 bits per heavy atom. The second-order valence-corrected chi connectivity index (χ2v) is 12.1. The highest BCUT2D eigenvalue weighted by Crippen LogP contribution is 2.41. The number of rotatable bonds is 5. The number of nitrogens with zero attached hydrogens (tertiary/aromatic N) is 4. The van der Waals surface area contributed by atoms with E-state index < -0.39 is 29.3 Å². The molecule has 2 heterocycles. The minimum Gasteiger partial charge on any atom is -0.309 e. The van der Waals surface area contributed by atoms with Gasteiger partial charge in [-0.1, -0.05) is 92.7 Å². The Hall–Kier alpha value is -6.36. The lowest BCUT2D eigenvalue weighted by Crippen LogP contribution is -2.04. The van der Waals surface area contributed by atoms with Crippen LogP contribution in [0.5, 0.6) is 0 Å². The van der Waals surface area contributed by atoms with E-state index in [2.05, 4.69) is 0 Å². The zero-order valence-electron chi connectivity index (χ0n) is 28.7. The van der Waals surface area contributed by atoms with E-state index >= 15 is 0 Å². The molecule has 11 heteroatoms. The van der Waals surface area contributed by atoms with Crippen LogP contribution in [0.3, 0.4) is 0 Å². The third kappa shape index (κ3) is 6.92. The van der Waals surface area contributed by atoms with Gasteiger partial charge in [0.15, 0.2) is 17.5 Å². The standard InChI is InChI=1S/C41H23F7N4.C2H6/c42-29-15-11-24(12-16-29)31-18-17-30(23-34(31)39-50-37(25-7-3-1-4-8-25)49-38(51-39)26-9-5-2-6-10-26)52-35-19-13-27(40(43,44)45)21-32(35)33-22-28(41(46,47)48)14-20-36(33)52;1-2/h1-23H;1-2H3. The highest BCUT2D eigenvalue weighted by Gasteiger charge is 2.33. The Kier molecular flexibility index (Phi) is 9.49. The molecule has 4 nitrogen and oxygen atoms in total. The Morgan fingerprint density at radius 3 is 1.37 bits per heavy atom. The van der Waals surface area contributed by atoms with E-state index in [0.29, 0.717) is 45.2 Å². The molecule has 0 spiro atoms. The molecule has 0 bridgehead atoms. The molecule has 0 aliphatic carbocycles. The van der Waals surface area contributed by atoms with E-state index in [1.807, 2.05) is 74.5 Å². The maximum atomic E-state index is 14.1. The minimum absolute atomic E-state index is 0.00188. The molecule has 0 saturated heterocycles. The first-order valence-electron chi connectivity index (χ1n) is 16.9. The number of benzene rings is 6. The summed E-state index contributed by atoms with van der Waals surface area (Å²) < 4.78 is 98.9. The molecule has 0 amide bonds. The molecule has 6 aromatic carbocycles. The minimum atomic E-state index is -4.72. The number of alkyl halides is 6. The number of hydrogen-bond acceptors (Lipinski definition) is 3. The Morgan fingerprint density at radius 1 is 0.444 bits per heavy atom. The first kappa shape index (κ1) is 36.0. The van der Waals surface area contributed by atoms with Gasteiger partial charge < -0.3 is 4.57 Å². The normalized spacial score (nSPS) is 11.8. The van der Waals surface area contributed by atoms with Crippen LogP contribution in [0.25, 0.3) is 72.8 Å². The van der Waals surface area contributed by atoms with Crippen molar-refractivity contribution in [3.63, 3.8) is 0 Å². The van der Waals surface area contributed by atoms with E-state index in [4.69, 9.17) is 15.0 Å². The molecule has 0 unspecified atom stereocenters. The lowest BCUT2D eigenvalue weighted by molar-refractivity contribution is -0.138. The van der Waals surface area contributed by atoms with Crippen LogP contribution in [0, 0.1) is 5.82 Å². The summed E-state index contributed by atoms with van der Waals surface area (Å²) in [7, 11) is 0. The third-order valence-electron chi connectivity index (χ3n) is 8.78. The van der Waals surface area contributed by atoms with Crippen molar-refractivity contribution < 1.29 is 30.7 Å². The summed E-state index contributed by atoms with van der Waals surface area (Å²) in [5.74, 6) is 0.544. The molecule has 0 N–H and O–H groups in total. The lowest BCUT2D eigenvalue weighted by Gasteiger charge is -2.16. The van der Waals surface area contributed by atoms with Crippen molar-refractivity contribution in [1.29, 1.82) is 0 Å². The first-order chi connectivity index (χ1) is 25.9.